The fourth-order valence-electron chi connectivity index (χ4n) is 3.93. The molecular formula is C18H23ClN8O. The van der Waals surface area contributed by atoms with Crippen LogP contribution in [0.3, 0.4) is 0 Å². The van der Waals surface area contributed by atoms with Crippen molar-refractivity contribution in [3.05, 3.63) is 17.4 Å². The minimum Gasteiger partial charge on any atom is -0.379 e. The van der Waals surface area contributed by atoms with Crippen molar-refractivity contribution in [3.8, 4) is 11.3 Å². The van der Waals surface area contributed by atoms with Crippen LogP contribution in [0.25, 0.3) is 11.3 Å². The molecule has 3 N–H and O–H groups in total. The molecule has 1 unspecified atom stereocenters. The van der Waals surface area contributed by atoms with Gasteiger partial charge >= 0.3 is 0 Å². The number of H-pyrrole nitrogens is 1. The van der Waals surface area contributed by atoms with E-state index in [1.807, 2.05) is 6.92 Å². The lowest BCUT2D eigenvalue weighted by Crippen LogP contribution is -2.50. The normalized spacial score (nSPS) is 22.0. The number of aromatic nitrogens is 4. The van der Waals surface area contributed by atoms with E-state index in [0.717, 1.165) is 38.4 Å². The van der Waals surface area contributed by atoms with Gasteiger partial charge < -0.3 is 15.4 Å². The summed E-state index contributed by atoms with van der Waals surface area (Å²) in [4.78, 5) is 11.0. The first-order valence-corrected chi connectivity index (χ1v) is 9.58. The van der Waals surface area contributed by atoms with Crippen LogP contribution < -0.4 is 5.73 Å². The van der Waals surface area contributed by atoms with Crippen molar-refractivity contribution in [2.45, 2.75) is 25.8 Å². The van der Waals surface area contributed by atoms with Gasteiger partial charge in [0.15, 0.2) is 5.15 Å². The van der Waals surface area contributed by atoms with Gasteiger partial charge in [-0.1, -0.05) is 11.6 Å². The highest BCUT2D eigenvalue weighted by atomic mass is 35.5. The summed E-state index contributed by atoms with van der Waals surface area (Å²) >= 11 is 6.15. The number of amidine groups is 1. The lowest BCUT2D eigenvalue weighted by molar-refractivity contribution is 0.101. The highest BCUT2D eigenvalue weighted by Crippen LogP contribution is 2.40. The summed E-state index contributed by atoms with van der Waals surface area (Å²) in [5, 5.41) is 15.1. The van der Waals surface area contributed by atoms with Gasteiger partial charge in [0.05, 0.1) is 25.1 Å². The van der Waals surface area contributed by atoms with Crippen molar-refractivity contribution in [2.75, 3.05) is 26.3 Å². The predicted molar refractivity (Wildman–Crippen MR) is 109 cm³/mol. The molecule has 2 aliphatic heterocycles. The van der Waals surface area contributed by atoms with Gasteiger partial charge in [-0.15, -0.1) is 5.10 Å². The molecule has 9 nitrogen and oxygen atoms in total. The monoisotopic (exact) mass is 402 g/mol. The van der Waals surface area contributed by atoms with E-state index < -0.39 is 0 Å². The van der Waals surface area contributed by atoms with Gasteiger partial charge in [-0.3, -0.25) is 10.1 Å². The number of aliphatic imine (C=N–C) groups is 2. The molecule has 4 heterocycles. The van der Waals surface area contributed by atoms with Crippen LogP contribution in [0, 0.1) is 5.41 Å². The Hall–Kier alpha value is -2.36. The van der Waals surface area contributed by atoms with Gasteiger partial charge in [-0.2, -0.15) is 10.2 Å². The molecule has 2 aromatic heterocycles. The third kappa shape index (κ3) is 3.30. The van der Waals surface area contributed by atoms with Crippen molar-refractivity contribution in [2.24, 2.45) is 21.1 Å². The Kier molecular flexibility index (Phi) is 5.13. The van der Waals surface area contributed by atoms with Gasteiger partial charge in [0.25, 0.3) is 0 Å². The molecule has 0 saturated carbocycles. The first kappa shape index (κ1) is 19.0. The first-order valence-electron chi connectivity index (χ1n) is 9.20. The summed E-state index contributed by atoms with van der Waals surface area (Å²) in [7, 11) is 0. The average Bonchev–Trinajstić information content (AvgIpc) is 3.26. The Bertz CT molecular complexity index is 903. The van der Waals surface area contributed by atoms with Crippen LogP contribution in [0.15, 0.2) is 22.2 Å². The van der Waals surface area contributed by atoms with E-state index >= 15 is 0 Å². The summed E-state index contributed by atoms with van der Waals surface area (Å²) in [6.07, 6.45) is 3.56. The fraction of sp³-hybridized carbons (Fsp3) is 0.500. The van der Waals surface area contributed by atoms with Gasteiger partial charge in [-0.25, -0.2) is 4.99 Å². The molecule has 1 atom stereocenters. The number of hydrogen-bond acceptors (Lipinski definition) is 7. The van der Waals surface area contributed by atoms with E-state index in [1.54, 1.807) is 12.3 Å². The molecule has 0 radical (unpaired) electrons. The molecule has 2 saturated heterocycles. The van der Waals surface area contributed by atoms with E-state index in [0.29, 0.717) is 29.4 Å². The molecule has 0 bridgehead atoms. The number of nitrogens with zero attached hydrogens (tertiary/aromatic N) is 6. The highest BCUT2D eigenvalue weighted by Gasteiger charge is 2.44. The number of nitrogens with one attached hydrogen (secondary N) is 1. The Morgan fingerprint density at radius 3 is 2.89 bits per heavy atom. The number of ether oxygens (including phenoxy) is 1. The lowest BCUT2D eigenvalue weighted by Gasteiger charge is -2.41. The minimum atomic E-state index is 0.106. The molecule has 28 heavy (non-hydrogen) atoms. The second kappa shape index (κ2) is 7.57. The summed E-state index contributed by atoms with van der Waals surface area (Å²) in [6.45, 7) is 8.83. The quantitative estimate of drug-likeness (QED) is 0.601. The highest BCUT2D eigenvalue weighted by molar-refractivity contribution is 6.32. The fourth-order valence-corrected chi connectivity index (χ4v) is 4.13. The number of likely N-dealkylation sites (tertiary alicyclic amines) is 1. The lowest BCUT2D eigenvalue weighted by atomic mass is 9.75. The summed E-state index contributed by atoms with van der Waals surface area (Å²) in [5.41, 5.74) is 8.18. The largest absolute Gasteiger partial charge is 0.379 e. The first-order chi connectivity index (χ1) is 13.5. The number of halogens is 1. The van der Waals surface area contributed by atoms with Crippen molar-refractivity contribution in [3.63, 3.8) is 0 Å². The van der Waals surface area contributed by atoms with Crippen molar-refractivity contribution < 1.29 is 4.74 Å². The molecule has 4 rings (SSSR count). The third-order valence-corrected chi connectivity index (χ3v) is 6.06. The molecule has 148 valence electrons. The second-order valence-electron chi connectivity index (χ2n) is 7.29. The maximum absolute atomic E-state index is 6.27. The molecule has 2 aliphatic rings. The molecule has 10 heteroatoms. The van der Waals surface area contributed by atoms with E-state index in [9.17, 15) is 0 Å². The van der Waals surface area contributed by atoms with E-state index in [4.69, 9.17) is 22.1 Å². The summed E-state index contributed by atoms with van der Waals surface area (Å²) in [5.74, 6) is 1.35. The smallest absolute Gasteiger partial charge is 0.201 e. The molecule has 0 aromatic carbocycles. The van der Waals surface area contributed by atoms with Crippen LogP contribution in [-0.2, 0) is 4.74 Å². The van der Waals surface area contributed by atoms with Crippen LogP contribution >= 0.6 is 11.6 Å². The van der Waals surface area contributed by atoms with Crippen LogP contribution in [0.2, 0.25) is 5.15 Å². The number of nitrogens with two attached hydrogens (primary N) is 1. The molecule has 0 aliphatic carbocycles. The van der Waals surface area contributed by atoms with Crippen LogP contribution in [0.1, 0.15) is 19.8 Å². The number of aromatic amines is 1. The standard InChI is InChI=1S/C18H23ClN8O/c1-11(27-7-4-18(5-8-27)10-28-9-13(18)20)23-17-15(21-2)14(24-26-17)12-3-6-22-25-16(12)19/h3,6,13H,2,4-5,7-10,20H2,1H3,(H,24,26). The molecule has 0 amide bonds. The maximum Gasteiger partial charge on any atom is 0.201 e. The van der Waals surface area contributed by atoms with Crippen molar-refractivity contribution in [1.29, 1.82) is 0 Å². The Morgan fingerprint density at radius 2 is 2.25 bits per heavy atom. The Balaban J connectivity index is 1.55. The Labute approximate surface area is 168 Å². The Morgan fingerprint density at radius 1 is 1.46 bits per heavy atom. The molecular weight excluding hydrogens is 380 g/mol. The molecule has 2 fully saturated rings. The maximum atomic E-state index is 6.27. The second-order valence-corrected chi connectivity index (χ2v) is 7.65. The third-order valence-electron chi connectivity index (χ3n) is 5.78. The van der Waals surface area contributed by atoms with Gasteiger partial charge in [0.1, 0.15) is 11.5 Å². The minimum absolute atomic E-state index is 0.106. The average molecular weight is 403 g/mol. The van der Waals surface area contributed by atoms with Crippen molar-refractivity contribution in [1.82, 2.24) is 25.3 Å². The van der Waals surface area contributed by atoms with Gasteiger partial charge in [-0.05, 0) is 32.5 Å². The number of rotatable bonds is 3. The van der Waals surface area contributed by atoms with E-state index in [-0.39, 0.29) is 16.6 Å². The summed E-state index contributed by atoms with van der Waals surface area (Å²) in [6, 6.07) is 1.87. The summed E-state index contributed by atoms with van der Waals surface area (Å²) < 4.78 is 5.60. The zero-order chi connectivity index (χ0) is 19.7. The number of piperidine rings is 1. The van der Waals surface area contributed by atoms with Gasteiger partial charge in [0.2, 0.25) is 5.82 Å². The van der Waals surface area contributed by atoms with E-state index in [2.05, 4.69) is 42.0 Å². The number of hydrogen-bond donors (Lipinski definition) is 2. The zero-order valence-electron chi connectivity index (χ0n) is 15.7. The molecule has 1 spiro atoms. The van der Waals surface area contributed by atoms with Crippen molar-refractivity contribution >= 4 is 35.7 Å². The van der Waals surface area contributed by atoms with Gasteiger partial charge in [0, 0.05) is 30.1 Å². The van der Waals surface area contributed by atoms with Crippen LogP contribution in [0.4, 0.5) is 11.5 Å². The van der Waals surface area contributed by atoms with Crippen LogP contribution in [0.5, 0.6) is 0 Å². The van der Waals surface area contributed by atoms with E-state index in [1.165, 1.54) is 0 Å². The molecule has 2 aromatic rings. The zero-order valence-corrected chi connectivity index (χ0v) is 16.5. The van der Waals surface area contributed by atoms with Crippen LogP contribution in [-0.4, -0.2) is 70.2 Å². The topological polar surface area (TPSA) is 118 Å². The predicted octanol–water partition coefficient (Wildman–Crippen LogP) is 2.34. The SMILES string of the molecule is C=Nc1c(N=C(C)N2CCC3(CC2)COCC3N)n[nH]c1-c1ccnnc1Cl.